The monoisotopic (exact) mass is 241 g/mol. The van der Waals surface area contributed by atoms with Gasteiger partial charge in [-0.05, 0) is 6.42 Å². The fraction of sp³-hybridized carbons (Fsp3) is 0.375. The summed E-state index contributed by atoms with van der Waals surface area (Å²) in [5.74, 6) is -2.70. The van der Waals surface area contributed by atoms with Gasteiger partial charge in [0.15, 0.2) is 0 Å². The number of H-pyrrole nitrogens is 1. The highest BCUT2D eigenvalue weighted by atomic mass is 16.4. The predicted molar refractivity (Wildman–Crippen MR) is 53.7 cm³/mol. The molecule has 0 fully saturated rings. The summed E-state index contributed by atoms with van der Waals surface area (Å²) in [6.07, 6.45) is 0.909. The molecule has 1 heterocycles. The number of carboxylic acids is 1. The van der Waals surface area contributed by atoms with Crippen LogP contribution >= 0.6 is 0 Å². The van der Waals surface area contributed by atoms with Crippen LogP contribution in [0.5, 0.6) is 0 Å². The van der Waals surface area contributed by atoms with Crippen LogP contribution in [0.3, 0.4) is 0 Å². The Morgan fingerprint density at radius 1 is 1.53 bits per heavy atom. The van der Waals surface area contributed by atoms with E-state index in [9.17, 15) is 14.4 Å². The van der Waals surface area contributed by atoms with Crippen LogP contribution in [-0.4, -0.2) is 44.1 Å². The number of primary amides is 1. The van der Waals surface area contributed by atoms with Crippen LogP contribution in [0, 0.1) is 0 Å². The highest BCUT2D eigenvalue weighted by molar-refractivity contribution is 5.93. The summed E-state index contributed by atoms with van der Waals surface area (Å²) in [5.41, 5.74) is 4.89. The van der Waals surface area contributed by atoms with Crippen LogP contribution in [0.2, 0.25) is 0 Å². The van der Waals surface area contributed by atoms with E-state index in [1.165, 1.54) is 0 Å². The lowest BCUT2D eigenvalue weighted by Crippen LogP contribution is -2.41. The number of hydrogen-bond acceptors (Lipinski definition) is 5. The summed E-state index contributed by atoms with van der Waals surface area (Å²) < 4.78 is 0. The van der Waals surface area contributed by atoms with Gasteiger partial charge in [-0.1, -0.05) is 0 Å². The number of aromatic amines is 1. The van der Waals surface area contributed by atoms with Gasteiger partial charge < -0.3 is 16.2 Å². The van der Waals surface area contributed by atoms with E-state index >= 15 is 0 Å². The van der Waals surface area contributed by atoms with Gasteiger partial charge in [-0.3, -0.25) is 14.7 Å². The molecule has 5 N–H and O–H groups in total. The zero-order valence-corrected chi connectivity index (χ0v) is 8.71. The number of aliphatic carboxylic acids is 1. The van der Waals surface area contributed by atoms with Crippen molar-refractivity contribution in [2.24, 2.45) is 5.73 Å². The molecule has 1 rings (SSSR count). The Kier molecular flexibility index (Phi) is 4.14. The quantitative estimate of drug-likeness (QED) is 0.463. The minimum Gasteiger partial charge on any atom is -0.480 e. The molecule has 0 aliphatic heterocycles. The SMILES string of the molecule is NC(=O)CCC(NC(=O)c1ncn[nH]1)C(=O)O. The summed E-state index contributed by atoms with van der Waals surface area (Å²) >= 11 is 0. The molecule has 0 aliphatic rings. The number of nitrogens with zero attached hydrogens (tertiary/aromatic N) is 2. The number of amides is 2. The highest BCUT2D eigenvalue weighted by Crippen LogP contribution is 1.99. The molecule has 0 spiro atoms. The van der Waals surface area contributed by atoms with Crippen LogP contribution in [0.1, 0.15) is 23.5 Å². The summed E-state index contributed by atoms with van der Waals surface area (Å²) in [7, 11) is 0. The molecule has 0 saturated heterocycles. The summed E-state index contributed by atoms with van der Waals surface area (Å²) in [5, 5.41) is 16.8. The number of carbonyl (C=O) groups excluding carboxylic acids is 2. The van der Waals surface area contributed by atoms with Crippen molar-refractivity contribution in [1.82, 2.24) is 20.5 Å². The lowest BCUT2D eigenvalue weighted by atomic mass is 10.1. The normalized spacial score (nSPS) is 11.8. The Bertz CT molecular complexity index is 416. The maximum absolute atomic E-state index is 11.4. The maximum Gasteiger partial charge on any atom is 0.326 e. The van der Waals surface area contributed by atoms with Gasteiger partial charge >= 0.3 is 5.97 Å². The third-order valence-corrected chi connectivity index (χ3v) is 1.91. The molecular weight excluding hydrogens is 230 g/mol. The first kappa shape index (κ1) is 12.6. The van der Waals surface area contributed by atoms with Crippen molar-refractivity contribution < 1.29 is 19.5 Å². The lowest BCUT2D eigenvalue weighted by molar-refractivity contribution is -0.139. The Labute approximate surface area is 95.4 Å². The van der Waals surface area contributed by atoms with E-state index in [1.807, 2.05) is 0 Å². The molecule has 0 saturated carbocycles. The van der Waals surface area contributed by atoms with Crippen molar-refractivity contribution in [3.8, 4) is 0 Å². The Hall–Kier alpha value is -2.45. The average molecular weight is 241 g/mol. The van der Waals surface area contributed by atoms with Gasteiger partial charge in [0.05, 0.1) is 0 Å². The first-order valence-electron chi connectivity index (χ1n) is 4.68. The molecule has 9 heteroatoms. The Morgan fingerprint density at radius 2 is 2.24 bits per heavy atom. The Balaban J connectivity index is 2.58. The maximum atomic E-state index is 11.4. The molecule has 0 aliphatic carbocycles. The molecule has 17 heavy (non-hydrogen) atoms. The second kappa shape index (κ2) is 5.58. The van der Waals surface area contributed by atoms with Crippen molar-refractivity contribution in [2.75, 3.05) is 0 Å². The number of hydrogen-bond donors (Lipinski definition) is 4. The van der Waals surface area contributed by atoms with Gasteiger partial charge in [0.2, 0.25) is 11.7 Å². The highest BCUT2D eigenvalue weighted by Gasteiger charge is 2.22. The number of aromatic nitrogens is 3. The van der Waals surface area contributed by atoms with Crippen molar-refractivity contribution >= 4 is 17.8 Å². The van der Waals surface area contributed by atoms with E-state index in [0.717, 1.165) is 6.33 Å². The lowest BCUT2D eigenvalue weighted by Gasteiger charge is -2.12. The van der Waals surface area contributed by atoms with Crippen molar-refractivity contribution in [2.45, 2.75) is 18.9 Å². The van der Waals surface area contributed by atoms with Gasteiger partial charge in [-0.15, -0.1) is 0 Å². The molecule has 1 atom stereocenters. The van der Waals surface area contributed by atoms with E-state index < -0.39 is 23.8 Å². The predicted octanol–water partition coefficient (Wildman–Crippen LogP) is -1.75. The topological polar surface area (TPSA) is 151 Å². The third-order valence-electron chi connectivity index (χ3n) is 1.91. The van der Waals surface area contributed by atoms with E-state index in [0.29, 0.717) is 0 Å². The zero-order chi connectivity index (χ0) is 12.8. The minimum absolute atomic E-state index is 0.0788. The molecule has 0 bridgehead atoms. The average Bonchev–Trinajstić information content (AvgIpc) is 2.76. The van der Waals surface area contributed by atoms with Crippen molar-refractivity contribution in [1.29, 1.82) is 0 Å². The van der Waals surface area contributed by atoms with Gasteiger partial charge in [0.25, 0.3) is 5.91 Å². The molecule has 92 valence electrons. The number of nitrogens with one attached hydrogen (secondary N) is 2. The van der Waals surface area contributed by atoms with Crippen LogP contribution in [0.15, 0.2) is 6.33 Å². The summed E-state index contributed by atoms with van der Waals surface area (Å²) in [6.45, 7) is 0. The van der Waals surface area contributed by atoms with Crippen LogP contribution in [0.4, 0.5) is 0 Å². The Morgan fingerprint density at radius 3 is 2.71 bits per heavy atom. The smallest absolute Gasteiger partial charge is 0.326 e. The van der Waals surface area contributed by atoms with Gasteiger partial charge in [-0.2, -0.15) is 5.10 Å². The standard InChI is InChI=1S/C8H11N5O4/c9-5(14)2-1-4(8(16)17)12-7(15)6-10-3-11-13-6/h3-4H,1-2H2,(H2,9,14)(H,12,15)(H,16,17)(H,10,11,13). The van der Waals surface area contributed by atoms with E-state index in [4.69, 9.17) is 10.8 Å². The molecule has 0 aromatic carbocycles. The van der Waals surface area contributed by atoms with Gasteiger partial charge in [-0.25, -0.2) is 9.78 Å². The first-order valence-corrected chi connectivity index (χ1v) is 4.68. The molecule has 2 amide bonds. The van der Waals surface area contributed by atoms with Crippen LogP contribution < -0.4 is 11.1 Å². The van der Waals surface area contributed by atoms with Gasteiger partial charge in [0, 0.05) is 6.42 Å². The number of nitrogens with two attached hydrogens (primary N) is 1. The second-order valence-electron chi connectivity index (χ2n) is 3.20. The van der Waals surface area contributed by atoms with Crippen LogP contribution in [-0.2, 0) is 9.59 Å². The van der Waals surface area contributed by atoms with E-state index in [1.54, 1.807) is 0 Å². The number of carboxylic acid groups (broad SMARTS) is 1. The molecule has 9 nitrogen and oxygen atoms in total. The summed E-state index contributed by atoms with van der Waals surface area (Å²) in [6, 6.07) is -1.19. The first-order chi connectivity index (χ1) is 8.00. The number of carbonyl (C=O) groups is 3. The van der Waals surface area contributed by atoms with Gasteiger partial charge in [0.1, 0.15) is 12.4 Å². The molecule has 1 unspecified atom stereocenters. The third kappa shape index (κ3) is 3.89. The molecule has 1 aromatic heterocycles. The number of rotatable bonds is 6. The fourth-order valence-corrected chi connectivity index (χ4v) is 1.09. The molecular formula is C8H11N5O4. The fourth-order valence-electron chi connectivity index (χ4n) is 1.09. The molecule has 1 aromatic rings. The van der Waals surface area contributed by atoms with Crippen molar-refractivity contribution in [3.05, 3.63) is 12.2 Å². The van der Waals surface area contributed by atoms with E-state index in [-0.39, 0.29) is 18.7 Å². The van der Waals surface area contributed by atoms with E-state index in [2.05, 4.69) is 20.5 Å². The summed E-state index contributed by atoms with van der Waals surface area (Å²) in [4.78, 5) is 36.3. The van der Waals surface area contributed by atoms with Crippen LogP contribution in [0.25, 0.3) is 0 Å². The van der Waals surface area contributed by atoms with Crippen molar-refractivity contribution in [3.63, 3.8) is 0 Å². The molecule has 0 radical (unpaired) electrons. The minimum atomic E-state index is -1.25. The zero-order valence-electron chi connectivity index (χ0n) is 8.71. The second-order valence-corrected chi connectivity index (χ2v) is 3.20. The largest absolute Gasteiger partial charge is 0.480 e.